The Morgan fingerprint density at radius 1 is 1.00 bits per heavy atom. The van der Waals surface area contributed by atoms with Gasteiger partial charge in [0, 0.05) is 19.6 Å². The molecule has 0 heterocycles. The lowest BCUT2D eigenvalue weighted by molar-refractivity contribution is -0.150. The number of carboxylic acids is 1. The second-order valence-electron chi connectivity index (χ2n) is 10.3. The molecule has 1 unspecified atom stereocenters. The van der Waals surface area contributed by atoms with E-state index in [0.29, 0.717) is 31.2 Å². The van der Waals surface area contributed by atoms with Crippen LogP contribution in [0, 0.1) is 5.92 Å². The summed E-state index contributed by atoms with van der Waals surface area (Å²) < 4.78 is 56.6. The van der Waals surface area contributed by atoms with Gasteiger partial charge >= 0.3 is 18.2 Å². The number of aliphatic carboxylic acids is 1. The van der Waals surface area contributed by atoms with Gasteiger partial charge in [-0.25, -0.2) is 9.59 Å². The van der Waals surface area contributed by atoms with Gasteiger partial charge in [-0.3, -0.25) is 0 Å². The molecule has 10 heteroatoms. The topological polar surface area (TPSA) is 85.3 Å². The number of carbonyl (C=O) groups excluding carboxylic acids is 1. The summed E-state index contributed by atoms with van der Waals surface area (Å²) in [7, 11) is 0. The number of rotatable bonds is 15. The number of unbranched alkanes of at least 4 members (excludes halogenated alkanes) is 1. The molecule has 1 atom stereocenters. The molecule has 1 aliphatic carbocycles. The molecule has 2 aromatic carbocycles. The summed E-state index contributed by atoms with van der Waals surface area (Å²) in [5.41, 5.74) is -0.235. The zero-order valence-electron chi connectivity index (χ0n) is 23.5. The molecule has 0 aromatic heterocycles. The monoisotopic (exact) mass is 579 g/mol. The highest BCUT2D eigenvalue weighted by atomic mass is 19.4. The summed E-state index contributed by atoms with van der Waals surface area (Å²) in [6.07, 6.45) is 2.75. The molecular weight excluding hydrogens is 539 g/mol. The van der Waals surface area contributed by atoms with Gasteiger partial charge in [0.15, 0.2) is 6.10 Å². The number of halogens is 3. The lowest BCUT2D eigenvalue weighted by Crippen LogP contribution is -2.38. The summed E-state index contributed by atoms with van der Waals surface area (Å²) >= 11 is 0. The highest BCUT2D eigenvalue weighted by Crippen LogP contribution is 2.36. The summed E-state index contributed by atoms with van der Waals surface area (Å²) in [5.74, 6) is -0.338. The first-order valence-corrected chi connectivity index (χ1v) is 14.4. The molecule has 3 rings (SSSR count). The van der Waals surface area contributed by atoms with Crippen LogP contribution in [0.3, 0.4) is 0 Å². The van der Waals surface area contributed by atoms with Gasteiger partial charge in [-0.2, -0.15) is 13.2 Å². The Balaban J connectivity index is 1.58. The average molecular weight is 580 g/mol. The number of alkyl halides is 3. The fraction of sp³-hybridized carbons (Fsp3) is 0.548. The maximum absolute atomic E-state index is 13.4. The number of para-hydroxylation sites is 1. The predicted octanol–water partition coefficient (Wildman–Crippen LogP) is 7.37. The highest BCUT2D eigenvalue weighted by molar-refractivity contribution is 5.72. The number of carboxylic acid groups (broad SMARTS) is 1. The lowest BCUT2D eigenvalue weighted by atomic mass is 9.86. The highest BCUT2D eigenvalue weighted by Gasteiger charge is 2.35. The van der Waals surface area contributed by atoms with Crippen molar-refractivity contribution in [3.8, 4) is 11.5 Å². The van der Waals surface area contributed by atoms with E-state index in [9.17, 15) is 27.9 Å². The van der Waals surface area contributed by atoms with Crippen LogP contribution in [0.2, 0.25) is 0 Å². The SMILES string of the molecule is CCOC(Cc1ccc(OCCN(CCCCC2CCCCC2)C(=O)Oc2ccccc2C(F)(F)F)cc1)C(=O)O. The third kappa shape index (κ3) is 10.9. The molecule has 1 N–H and O–H groups in total. The molecule has 1 saturated carbocycles. The fourth-order valence-corrected chi connectivity index (χ4v) is 5.08. The van der Waals surface area contributed by atoms with Crippen LogP contribution in [-0.2, 0) is 22.1 Å². The Morgan fingerprint density at radius 2 is 1.71 bits per heavy atom. The summed E-state index contributed by atoms with van der Waals surface area (Å²) in [6, 6.07) is 11.6. The molecule has 0 radical (unpaired) electrons. The van der Waals surface area contributed by atoms with Crippen LogP contribution in [-0.4, -0.2) is 54.5 Å². The number of hydrogen-bond acceptors (Lipinski definition) is 5. The van der Waals surface area contributed by atoms with Crippen LogP contribution < -0.4 is 9.47 Å². The van der Waals surface area contributed by atoms with Crippen molar-refractivity contribution >= 4 is 12.1 Å². The van der Waals surface area contributed by atoms with E-state index < -0.39 is 35.7 Å². The molecule has 1 fully saturated rings. The van der Waals surface area contributed by atoms with Gasteiger partial charge in [-0.1, -0.05) is 69.2 Å². The van der Waals surface area contributed by atoms with Crippen molar-refractivity contribution in [3.05, 3.63) is 59.7 Å². The molecule has 226 valence electrons. The second-order valence-corrected chi connectivity index (χ2v) is 10.3. The Hall–Kier alpha value is -3.27. The van der Waals surface area contributed by atoms with Crippen LogP contribution in [0.4, 0.5) is 18.0 Å². The predicted molar refractivity (Wildman–Crippen MR) is 148 cm³/mol. The molecule has 0 bridgehead atoms. The Kier molecular flexibility index (Phi) is 12.8. The minimum absolute atomic E-state index is 0.106. The van der Waals surface area contributed by atoms with Gasteiger partial charge in [-0.15, -0.1) is 0 Å². The van der Waals surface area contributed by atoms with E-state index in [1.807, 2.05) is 0 Å². The third-order valence-electron chi connectivity index (χ3n) is 7.28. The van der Waals surface area contributed by atoms with Crippen LogP contribution >= 0.6 is 0 Å². The van der Waals surface area contributed by atoms with Crippen molar-refractivity contribution < 1.29 is 42.1 Å². The van der Waals surface area contributed by atoms with Crippen molar-refractivity contribution in [2.75, 3.05) is 26.3 Å². The van der Waals surface area contributed by atoms with Crippen LogP contribution in [0.1, 0.15) is 69.4 Å². The van der Waals surface area contributed by atoms with Crippen molar-refractivity contribution in [1.82, 2.24) is 4.90 Å². The lowest BCUT2D eigenvalue weighted by Gasteiger charge is -2.24. The zero-order valence-corrected chi connectivity index (χ0v) is 23.5. The number of amides is 1. The Bertz CT molecular complexity index is 1090. The second kappa shape index (κ2) is 16.2. The molecule has 0 saturated heterocycles. The molecular formula is C31H40F3NO6. The number of benzene rings is 2. The summed E-state index contributed by atoms with van der Waals surface area (Å²) in [5, 5.41) is 9.28. The van der Waals surface area contributed by atoms with Crippen LogP contribution in [0.15, 0.2) is 48.5 Å². The Morgan fingerprint density at radius 3 is 2.37 bits per heavy atom. The number of carbonyl (C=O) groups is 2. The largest absolute Gasteiger partial charge is 0.492 e. The van der Waals surface area contributed by atoms with Gasteiger partial charge in [0.1, 0.15) is 18.1 Å². The average Bonchev–Trinajstić information content (AvgIpc) is 2.95. The van der Waals surface area contributed by atoms with Gasteiger partial charge in [0.25, 0.3) is 0 Å². The molecule has 1 aliphatic rings. The van der Waals surface area contributed by atoms with Gasteiger partial charge < -0.3 is 24.2 Å². The van der Waals surface area contributed by atoms with Crippen LogP contribution in [0.5, 0.6) is 11.5 Å². The molecule has 41 heavy (non-hydrogen) atoms. The summed E-state index contributed by atoms with van der Waals surface area (Å²) in [6.45, 7) is 2.60. The zero-order chi connectivity index (χ0) is 29.7. The van der Waals surface area contributed by atoms with E-state index in [-0.39, 0.29) is 19.6 Å². The number of nitrogens with zero attached hydrogens (tertiary/aromatic N) is 1. The van der Waals surface area contributed by atoms with Crippen molar-refractivity contribution in [2.24, 2.45) is 5.92 Å². The van der Waals surface area contributed by atoms with Crippen LogP contribution in [0.25, 0.3) is 0 Å². The van der Waals surface area contributed by atoms with Crippen molar-refractivity contribution in [1.29, 1.82) is 0 Å². The number of hydrogen-bond donors (Lipinski definition) is 1. The first-order chi connectivity index (χ1) is 19.7. The standard InChI is InChI=1S/C31H40F3NO6/c1-2-39-28(29(36)37)22-24-15-17-25(18-16-24)40-21-20-35(19-9-8-12-23-10-4-3-5-11-23)30(38)41-27-14-7-6-13-26(27)31(32,33)34/h6-7,13-18,23,28H,2-5,8-12,19-22H2,1H3,(H,36,37). The quantitative estimate of drug-likeness (QED) is 0.222. The smallest absolute Gasteiger partial charge is 0.419 e. The molecule has 1 amide bonds. The van der Waals surface area contributed by atoms with Crippen molar-refractivity contribution in [3.63, 3.8) is 0 Å². The molecule has 0 spiro atoms. The van der Waals surface area contributed by atoms with Crippen molar-refractivity contribution in [2.45, 2.75) is 77.0 Å². The van der Waals surface area contributed by atoms with E-state index in [2.05, 4.69) is 0 Å². The van der Waals surface area contributed by atoms with Gasteiger partial charge in [-0.05, 0) is 49.1 Å². The Labute approximate surface area is 239 Å². The van der Waals surface area contributed by atoms with Gasteiger partial charge in [0.05, 0.1) is 12.1 Å². The molecule has 0 aliphatic heterocycles. The minimum Gasteiger partial charge on any atom is -0.492 e. The van der Waals surface area contributed by atoms with Gasteiger partial charge in [0.2, 0.25) is 0 Å². The van der Waals surface area contributed by atoms with E-state index in [0.717, 1.165) is 30.5 Å². The maximum Gasteiger partial charge on any atom is 0.419 e. The first-order valence-electron chi connectivity index (χ1n) is 14.4. The first kappa shape index (κ1) is 32.2. The molecule has 7 nitrogen and oxygen atoms in total. The fourth-order valence-electron chi connectivity index (χ4n) is 5.08. The molecule has 2 aromatic rings. The minimum atomic E-state index is -4.65. The number of ether oxygens (including phenoxy) is 3. The van der Waals surface area contributed by atoms with E-state index in [1.54, 1.807) is 31.2 Å². The van der Waals surface area contributed by atoms with E-state index in [1.165, 1.54) is 49.1 Å². The normalized spacial score (nSPS) is 14.8. The third-order valence-corrected chi connectivity index (χ3v) is 7.28. The maximum atomic E-state index is 13.4. The summed E-state index contributed by atoms with van der Waals surface area (Å²) in [4.78, 5) is 25.7. The van der Waals surface area contributed by atoms with E-state index in [4.69, 9.17) is 14.2 Å². The van der Waals surface area contributed by atoms with E-state index >= 15 is 0 Å².